The van der Waals surface area contributed by atoms with Gasteiger partial charge in [0.05, 0.1) is 5.69 Å². The van der Waals surface area contributed by atoms with Gasteiger partial charge in [-0.25, -0.2) is 4.39 Å². The van der Waals surface area contributed by atoms with Crippen molar-refractivity contribution in [1.29, 1.82) is 0 Å². The molecule has 0 aliphatic rings. The summed E-state index contributed by atoms with van der Waals surface area (Å²) in [5, 5.41) is 2.88. The molecule has 0 spiro atoms. The highest BCUT2D eigenvalue weighted by Crippen LogP contribution is 2.20. The SMILES string of the molecule is C/C(=C\C(=O)c1ccccc1)Nc1ccc(Br)cc1F. The Balaban J connectivity index is 2.13. The van der Waals surface area contributed by atoms with Crippen LogP contribution in [-0.4, -0.2) is 5.78 Å². The van der Waals surface area contributed by atoms with Gasteiger partial charge in [-0.2, -0.15) is 0 Å². The first-order valence-electron chi connectivity index (χ1n) is 6.06. The normalized spacial score (nSPS) is 11.2. The number of carbonyl (C=O) groups excluding carboxylic acids is 1. The third kappa shape index (κ3) is 3.78. The van der Waals surface area contributed by atoms with Crippen LogP contribution in [0.15, 0.2) is 64.8 Å². The third-order valence-electron chi connectivity index (χ3n) is 2.67. The van der Waals surface area contributed by atoms with Crippen LogP contribution in [0.25, 0.3) is 0 Å². The van der Waals surface area contributed by atoms with Crippen molar-refractivity contribution in [3.05, 3.63) is 76.2 Å². The van der Waals surface area contributed by atoms with Crippen molar-refractivity contribution in [1.82, 2.24) is 0 Å². The van der Waals surface area contributed by atoms with Gasteiger partial charge in [-0.05, 0) is 25.1 Å². The van der Waals surface area contributed by atoms with Gasteiger partial charge in [0.25, 0.3) is 0 Å². The number of hydrogen-bond acceptors (Lipinski definition) is 2. The number of benzene rings is 2. The molecule has 0 aliphatic heterocycles. The van der Waals surface area contributed by atoms with E-state index < -0.39 is 0 Å². The average Bonchev–Trinajstić information content (AvgIpc) is 2.43. The fourth-order valence-electron chi connectivity index (χ4n) is 1.72. The van der Waals surface area contributed by atoms with E-state index in [0.29, 0.717) is 21.4 Å². The zero-order valence-electron chi connectivity index (χ0n) is 10.9. The molecule has 0 saturated carbocycles. The Morgan fingerprint density at radius 3 is 2.55 bits per heavy atom. The van der Waals surface area contributed by atoms with E-state index in [1.165, 1.54) is 12.1 Å². The number of anilines is 1. The number of allylic oxidation sites excluding steroid dienone is 2. The Kier molecular flexibility index (Phi) is 4.69. The Morgan fingerprint density at radius 1 is 1.20 bits per heavy atom. The summed E-state index contributed by atoms with van der Waals surface area (Å²) >= 11 is 3.20. The fourth-order valence-corrected chi connectivity index (χ4v) is 2.05. The van der Waals surface area contributed by atoms with Gasteiger partial charge >= 0.3 is 0 Å². The Labute approximate surface area is 125 Å². The van der Waals surface area contributed by atoms with Crippen LogP contribution in [0.4, 0.5) is 10.1 Å². The molecular formula is C16H13BrFNO. The van der Waals surface area contributed by atoms with Gasteiger partial charge in [0.15, 0.2) is 5.78 Å². The zero-order valence-corrected chi connectivity index (χ0v) is 12.4. The minimum atomic E-state index is -0.376. The highest BCUT2D eigenvalue weighted by atomic mass is 79.9. The topological polar surface area (TPSA) is 29.1 Å². The van der Waals surface area contributed by atoms with E-state index in [9.17, 15) is 9.18 Å². The van der Waals surface area contributed by atoms with Crippen molar-refractivity contribution in [3.63, 3.8) is 0 Å². The summed E-state index contributed by atoms with van der Waals surface area (Å²) in [7, 11) is 0. The summed E-state index contributed by atoms with van der Waals surface area (Å²) < 4.78 is 14.3. The molecule has 0 fully saturated rings. The lowest BCUT2D eigenvalue weighted by Gasteiger charge is -2.08. The third-order valence-corrected chi connectivity index (χ3v) is 3.16. The summed E-state index contributed by atoms with van der Waals surface area (Å²) in [6.45, 7) is 1.72. The molecular weight excluding hydrogens is 321 g/mol. The number of ketones is 1. The molecule has 0 saturated heterocycles. The molecule has 20 heavy (non-hydrogen) atoms. The van der Waals surface area contributed by atoms with E-state index in [0.717, 1.165) is 0 Å². The van der Waals surface area contributed by atoms with Gasteiger partial charge in [0, 0.05) is 21.8 Å². The van der Waals surface area contributed by atoms with Crippen LogP contribution < -0.4 is 5.32 Å². The molecule has 1 N–H and O–H groups in total. The maximum Gasteiger partial charge on any atom is 0.187 e. The van der Waals surface area contributed by atoms with E-state index in [4.69, 9.17) is 0 Å². The van der Waals surface area contributed by atoms with Crippen LogP contribution in [0.3, 0.4) is 0 Å². The van der Waals surface area contributed by atoms with Crippen LogP contribution in [0.2, 0.25) is 0 Å². The smallest absolute Gasteiger partial charge is 0.187 e. The summed E-state index contributed by atoms with van der Waals surface area (Å²) in [5.41, 5.74) is 1.52. The molecule has 0 aromatic heterocycles. The lowest BCUT2D eigenvalue weighted by Crippen LogP contribution is -2.02. The quantitative estimate of drug-likeness (QED) is 0.644. The van der Waals surface area contributed by atoms with Crippen molar-refractivity contribution in [2.45, 2.75) is 6.92 Å². The molecule has 0 radical (unpaired) electrons. The molecule has 2 aromatic carbocycles. The van der Waals surface area contributed by atoms with Gasteiger partial charge in [-0.1, -0.05) is 46.3 Å². The van der Waals surface area contributed by atoms with Crippen molar-refractivity contribution in [2.24, 2.45) is 0 Å². The molecule has 0 atom stereocenters. The Hall–Kier alpha value is -1.94. The second-order valence-electron chi connectivity index (χ2n) is 4.31. The summed E-state index contributed by atoms with van der Waals surface area (Å²) in [6, 6.07) is 13.7. The van der Waals surface area contributed by atoms with E-state index >= 15 is 0 Å². The molecule has 2 rings (SSSR count). The highest BCUT2D eigenvalue weighted by Gasteiger charge is 2.05. The second kappa shape index (κ2) is 6.48. The van der Waals surface area contributed by atoms with Gasteiger partial charge in [-0.15, -0.1) is 0 Å². The van der Waals surface area contributed by atoms with Gasteiger partial charge in [-0.3, -0.25) is 4.79 Å². The molecule has 2 nitrogen and oxygen atoms in total. The standard InChI is InChI=1S/C16H13BrFNO/c1-11(9-16(20)12-5-3-2-4-6-12)19-15-8-7-13(17)10-14(15)18/h2-10,19H,1H3/b11-9+. The highest BCUT2D eigenvalue weighted by molar-refractivity contribution is 9.10. The average molecular weight is 334 g/mol. The molecule has 0 aliphatic carbocycles. The minimum Gasteiger partial charge on any atom is -0.357 e. The van der Waals surface area contributed by atoms with E-state index in [2.05, 4.69) is 21.2 Å². The van der Waals surface area contributed by atoms with Gasteiger partial charge in [0.1, 0.15) is 5.82 Å². The van der Waals surface area contributed by atoms with Crippen LogP contribution in [0.5, 0.6) is 0 Å². The fraction of sp³-hybridized carbons (Fsp3) is 0.0625. The lowest BCUT2D eigenvalue weighted by molar-refractivity contribution is 0.104. The monoisotopic (exact) mass is 333 g/mol. The van der Waals surface area contributed by atoms with E-state index in [-0.39, 0.29) is 11.6 Å². The Bertz CT molecular complexity index is 653. The van der Waals surface area contributed by atoms with Crippen molar-refractivity contribution in [2.75, 3.05) is 5.32 Å². The molecule has 2 aromatic rings. The van der Waals surface area contributed by atoms with Crippen molar-refractivity contribution >= 4 is 27.4 Å². The van der Waals surface area contributed by atoms with Crippen molar-refractivity contribution in [3.8, 4) is 0 Å². The lowest BCUT2D eigenvalue weighted by atomic mass is 10.1. The molecule has 0 unspecified atom stereocenters. The number of nitrogens with one attached hydrogen (secondary N) is 1. The van der Waals surface area contributed by atoms with Gasteiger partial charge in [0.2, 0.25) is 0 Å². The number of hydrogen-bond donors (Lipinski definition) is 1. The number of rotatable bonds is 4. The van der Waals surface area contributed by atoms with E-state index in [1.807, 2.05) is 6.07 Å². The first-order valence-corrected chi connectivity index (χ1v) is 6.85. The first kappa shape index (κ1) is 14.5. The maximum absolute atomic E-state index is 13.7. The Morgan fingerprint density at radius 2 is 1.90 bits per heavy atom. The molecule has 0 amide bonds. The first-order chi connectivity index (χ1) is 9.56. The minimum absolute atomic E-state index is 0.117. The summed E-state index contributed by atoms with van der Waals surface area (Å²) in [6.07, 6.45) is 1.46. The molecule has 0 bridgehead atoms. The van der Waals surface area contributed by atoms with Gasteiger partial charge < -0.3 is 5.32 Å². The predicted molar refractivity (Wildman–Crippen MR) is 82.3 cm³/mol. The van der Waals surface area contributed by atoms with Crippen LogP contribution in [0.1, 0.15) is 17.3 Å². The zero-order chi connectivity index (χ0) is 14.5. The molecule has 102 valence electrons. The van der Waals surface area contributed by atoms with E-state index in [1.54, 1.807) is 43.3 Å². The van der Waals surface area contributed by atoms with Crippen LogP contribution in [0, 0.1) is 5.82 Å². The maximum atomic E-state index is 13.7. The predicted octanol–water partition coefficient (Wildman–Crippen LogP) is 4.79. The van der Waals surface area contributed by atoms with Crippen LogP contribution in [-0.2, 0) is 0 Å². The number of carbonyl (C=O) groups is 1. The van der Waals surface area contributed by atoms with Crippen LogP contribution >= 0.6 is 15.9 Å². The second-order valence-corrected chi connectivity index (χ2v) is 5.22. The molecule has 0 heterocycles. The summed E-state index contributed by atoms with van der Waals surface area (Å²) in [4.78, 5) is 12.0. The summed E-state index contributed by atoms with van der Waals surface area (Å²) in [5.74, 6) is -0.493. The van der Waals surface area contributed by atoms with Crippen molar-refractivity contribution < 1.29 is 9.18 Å². The largest absolute Gasteiger partial charge is 0.357 e. The molecule has 4 heteroatoms. The number of halogens is 2.